The van der Waals surface area contributed by atoms with Crippen molar-refractivity contribution in [1.29, 1.82) is 0 Å². The SMILES string of the molecule is NC(=O)c1n[nH]nc1-c1c(F)cc(Br)cc1F. The number of H-pyrrole nitrogens is 1. The molecule has 0 unspecified atom stereocenters. The first-order chi connectivity index (χ1) is 8.00. The van der Waals surface area contributed by atoms with Crippen molar-refractivity contribution in [2.24, 2.45) is 5.73 Å². The third-order valence-electron chi connectivity index (χ3n) is 2.02. The van der Waals surface area contributed by atoms with E-state index in [2.05, 4.69) is 31.3 Å². The van der Waals surface area contributed by atoms with Crippen LogP contribution in [-0.2, 0) is 0 Å². The summed E-state index contributed by atoms with van der Waals surface area (Å²) in [6.07, 6.45) is 0. The van der Waals surface area contributed by atoms with Gasteiger partial charge < -0.3 is 5.73 Å². The second-order valence-corrected chi connectivity index (χ2v) is 4.05. The van der Waals surface area contributed by atoms with Gasteiger partial charge in [0.2, 0.25) is 0 Å². The van der Waals surface area contributed by atoms with Crippen LogP contribution in [-0.4, -0.2) is 21.3 Å². The lowest BCUT2D eigenvalue weighted by Crippen LogP contribution is -2.13. The smallest absolute Gasteiger partial charge is 0.271 e. The molecule has 0 spiro atoms. The number of carbonyl (C=O) groups is 1. The highest BCUT2D eigenvalue weighted by Gasteiger charge is 2.22. The van der Waals surface area contributed by atoms with Crippen molar-refractivity contribution in [3.63, 3.8) is 0 Å². The molecule has 0 aliphatic heterocycles. The van der Waals surface area contributed by atoms with Gasteiger partial charge in [-0.15, -0.1) is 0 Å². The van der Waals surface area contributed by atoms with E-state index in [1.54, 1.807) is 0 Å². The number of hydrogen-bond acceptors (Lipinski definition) is 3. The molecule has 1 aromatic carbocycles. The van der Waals surface area contributed by atoms with Gasteiger partial charge in [0.05, 0.1) is 5.56 Å². The minimum atomic E-state index is -0.921. The predicted octanol–water partition coefficient (Wildman–Crippen LogP) is 1.61. The zero-order chi connectivity index (χ0) is 12.6. The molecule has 2 aromatic rings. The minimum absolute atomic E-state index is 0.236. The summed E-state index contributed by atoms with van der Waals surface area (Å²) in [7, 11) is 0. The largest absolute Gasteiger partial charge is 0.364 e. The maximum Gasteiger partial charge on any atom is 0.271 e. The summed E-state index contributed by atoms with van der Waals surface area (Å²) in [5.41, 5.74) is 4.00. The summed E-state index contributed by atoms with van der Waals surface area (Å²) >= 11 is 2.94. The van der Waals surface area contributed by atoms with Crippen LogP contribution < -0.4 is 5.73 Å². The number of primary amides is 1. The van der Waals surface area contributed by atoms with E-state index in [9.17, 15) is 13.6 Å². The molecular weight excluding hydrogens is 298 g/mol. The van der Waals surface area contributed by atoms with Gasteiger partial charge in [-0.25, -0.2) is 8.78 Å². The molecule has 0 radical (unpaired) electrons. The van der Waals surface area contributed by atoms with Gasteiger partial charge in [0, 0.05) is 4.47 Å². The number of benzene rings is 1. The standard InChI is InChI=1S/C9H5BrF2N4O/c10-3-1-4(11)6(5(12)2-3)7-8(9(13)17)15-16-14-7/h1-2H,(H2,13,17)(H,14,15,16). The third kappa shape index (κ3) is 2.03. The van der Waals surface area contributed by atoms with E-state index < -0.39 is 23.1 Å². The Bertz CT molecular complexity index is 575. The second-order valence-electron chi connectivity index (χ2n) is 3.13. The highest BCUT2D eigenvalue weighted by atomic mass is 79.9. The molecule has 88 valence electrons. The zero-order valence-electron chi connectivity index (χ0n) is 8.17. The number of nitrogens with one attached hydrogen (secondary N) is 1. The average Bonchev–Trinajstić information content (AvgIpc) is 2.64. The first-order valence-electron chi connectivity index (χ1n) is 4.36. The van der Waals surface area contributed by atoms with Crippen LogP contribution in [0.2, 0.25) is 0 Å². The lowest BCUT2D eigenvalue weighted by atomic mass is 10.1. The highest BCUT2D eigenvalue weighted by Crippen LogP contribution is 2.28. The summed E-state index contributed by atoms with van der Waals surface area (Å²) in [5, 5.41) is 9.07. The summed E-state index contributed by atoms with van der Waals surface area (Å²) < 4.78 is 27.5. The molecule has 2 rings (SSSR count). The molecule has 0 fully saturated rings. The van der Waals surface area contributed by atoms with Crippen LogP contribution in [0.1, 0.15) is 10.5 Å². The first-order valence-corrected chi connectivity index (χ1v) is 5.15. The Hall–Kier alpha value is -1.83. The average molecular weight is 303 g/mol. The fraction of sp³-hybridized carbons (Fsp3) is 0. The van der Waals surface area contributed by atoms with E-state index in [0.29, 0.717) is 0 Å². The number of nitrogens with zero attached hydrogens (tertiary/aromatic N) is 2. The van der Waals surface area contributed by atoms with Crippen molar-refractivity contribution in [1.82, 2.24) is 15.4 Å². The van der Waals surface area contributed by atoms with Crippen LogP contribution in [0.15, 0.2) is 16.6 Å². The summed E-state index contributed by atoms with van der Waals surface area (Å²) in [6, 6.07) is 2.11. The van der Waals surface area contributed by atoms with E-state index in [4.69, 9.17) is 5.73 Å². The van der Waals surface area contributed by atoms with Gasteiger partial charge >= 0.3 is 0 Å². The van der Waals surface area contributed by atoms with Crippen molar-refractivity contribution in [3.05, 3.63) is 33.9 Å². The number of rotatable bonds is 2. The van der Waals surface area contributed by atoms with Crippen LogP contribution in [0.4, 0.5) is 8.78 Å². The number of amides is 1. The number of halogens is 3. The Kier molecular flexibility index (Phi) is 2.88. The van der Waals surface area contributed by atoms with Crippen LogP contribution in [0.3, 0.4) is 0 Å². The number of aromatic amines is 1. The fourth-order valence-corrected chi connectivity index (χ4v) is 1.75. The Labute approximate surface area is 102 Å². The lowest BCUT2D eigenvalue weighted by Gasteiger charge is -2.03. The monoisotopic (exact) mass is 302 g/mol. The van der Waals surface area contributed by atoms with E-state index in [1.807, 2.05) is 0 Å². The van der Waals surface area contributed by atoms with Gasteiger partial charge in [-0.1, -0.05) is 15.9 Å². The molecule has 0 atom stereocenters. The summed E-state index contributed by atoms with van der Waals surface area (Å²) in [6.45, 7) is 0. The molecule has 3 N–H and O–H groups in total. The Balaban J connectivity index is 2.69. The van der Waals surface area contributed by atoms with Crippen LogP contribution in [0, 0.1) is 11.6 Å². The maximum atomic E-state index is 13.6. The van der Waals surface area contributed by atoms with Crippen LogP contribution >= 0.6 is 15.9 Å². The molecule has 5 nitrogen and oxygen atoms in total. The highest BCUT2D eigenvalue weighted by molar-refractivity contribution is 9.10. The molecule has 0 saturated heterocycles. The second kappa shape index (κ2) is 4.21. The van der Waals surface area contributed by atoms with Crippen molar-refractivity contribution < 1.29 is 13.6 Å². The fourth-order valence-electron chi connectivity index (χ4n) is 1.35. The molecule has 0 bridgehead atoms. The third-order valence-corrected chi connectivity index (χ3v) is 2.48. The molecule has 0 aliphatic rings. The van der Waals surface area contributed by atoms with Crippen molar-refractivity contribution >= 4 is 21.8 Å². The Morgan fingerprint density at radius 1 is 1.29 bits per heavy atom. The molecule has 1 heterocycles. The van der Waals surface area contributed by atoms with Crippen molar-refractivity contribution in [2.75, 3.05) is 0 Å². The van der Waals surface area contributed by atoms with E-state index >= 15 is 0 Å². The molecule has 0 saturated carbocycles. The van der Waals surface area contributed by atoms with Gasteiger partial charge in [-0.3, -0.25) is 4.79 Å². The topological polar surface area (TPSA) is 84.7 Å². The van der Waals surface area contributed by atoms with Gasteiger partial charge in [0.1, 0.15) is 17.3 Å². The van der Waals surface area contributed by atoms with Gasteiger partial charge in [-0.2, -0.15) is 15.4 Å². The van der Waals surface area contributed by atoms with Gasteiger partial charge in [0.15, 0.2) is 5.69 Å². The van der Waals surface area contributed by atoms with Crippen molar-refractivity contribution in [3.8, 4) is 11.3 Å². The quantitative estimate of drug-likeness (QED) is 0.884. The number of nitrogens with two attached hydrogens (primary N) is 1. The van der Waals surface area contributed by atoms with Gasteiger partial charge in [-0.05, 0) is 12.1 Å². The summed E-state index contributed by atoms with van der Waals surface area (Å²) in [4.78, 5) is 11.0. The number of hydrogen-bond donors (Lipinski definition) is 2. The molecule has 8 heteroatoms. The Morgan fingerprint density at radius 2 is 1.88 bits per heavy atom. The van der Waals surface area contributed by atoms with E-state index in [-0.39, 0.29) is 15.9 Å². The normalized spacial score (nSPS) is 10.5. The summed E-state index contributed by atoms with van der Waals surface area (Å²) in [5.74, 6) is -2.66. The maximum absolute atomic E-state index is 13.6. The van der Waals surface area contributed by atoms with Crippen molar-refractivity contribution in [2.45, 2.75) is 0 Å². The van der Waals surface area contributed by atoms with E-state index in [1.165, 1.54) is 0 Å². The zero-order valence-corrected chi connectivity index (χ0v) is 9.75. The molecule has 0 aliphatic carbocycles. The Morgan fingerprint density at radius 3 is 2.41 bits per heavy atom. The minimum Gasteiger partial charge on any atom is -0.364 e. The predicted molar refractivity (Wildman–Crippen MR) is 58.0 cm³/mol. The van der Waals surface area contributed by atoms with Crippen LogP contribution in [0.5, 0.6) is 0 Å². The first kappa shape index (κ1) is 11.6. The lowest BCUT2D eigenvalue weighted by molar-refractivity contribution is 0.0996. The van der Waals surface area contributed by atoms with Gasteiger partial charge in [0.25, 0.3) is 5.91 Å². The van der Waals surface area contributed by atoms with E-state index in [0.717, 1.165) is 12.1 Å². The van der Waals surface area contributed by atoms with Crippen LogP contribution in [0.25, 0.3) is 11.3 Å². The molecule has 17 heavy (non-hydrogen) atoms. The molecular formula is C9H5BrF2N4O. The molecule has 1 amide bonds. The number of carbonyl (C=O) groups excluding carboxylic acids is 1. The molecule has 1 aromatic heterocycles. The number of aromatic nitrogens is 3.